The molecule has 1 unspecified atom stereocenters. The van der Waals surface area contributed by atoms with E-state index in [0.717, 1.165) is 20.1 Å². The van der Waals surface area contributed by atoms with Gasteiger partial charge < -0.3 is 5.11 Å². The van der Waals surface area contributed by atoms with Gasteiger partial charge in [-0.25, -0.2) is 0 Å². The third-order valence-corrected chi connectivity index (χ3v) is 3.14. The number of aliphatic carboxylic acids is 1. The molecule has 0 saturated heterocycles. The molecule has 0 saturated carbocycles. The molecule has 1 atom stereocenters. The molecule has 0 spiro atoms. The van der Waals surface area contributed by atoms with Gasteiger partial charge in [0.25, 0.3) is 0 Å². The Morgan fingerprint density at radius 3 is 2.45 bits per heavy atom. The number of carboxylic acid groups (broad SMARTS) is 1. The molecule has 0 aliphatic rings. The van der Waals surface area contributed by atoms with Crippen LogP contribution in [0.5, 0.6) is 0 Å². The van der Waals surface area contributed by atoms with Crippen molar-refractivity contribution >= 4 is 28.7 Å². The topological polar surface area (TPSA) is 37.3 Å². The highest BCUT2D eigenvalue weighted by Crippen LogP contribution is 2.21. The number of unbranched alkanes of at least 4 members (excludes halogenated alkanes) is 3. The van der Waals surface area contributed by atoms with Gasteiger partial charge in [0.15, 0.2) is 0 Å². The second kappa shape index (κ2) is 8.48. The summed E-state index contributed by atoms with van der Waals surface area (Å²) >= 11 is 3.38. The summed E-state index contributed by atoms with van der Waals surface area (Å²) in [6.45, 7) is 0. The molecular formula is C7H14BrO2P. The minimum Gasteiger partial charge on any atom is -0.481 e. The Hall–Kier alpha value is 0.380. The van der Waals surface area contributed by atoms with Crippen molar-refractivity contribution in [1.82, 2.24) is 0 Å². The molecule has 0 aromatic heterocycles. The molecule has 4 heteroatoms. The van der Waals surface area contributed by atoms with E-state index in [9.17, 15) is 4.79 Å². The maximum Gasteiger partial charge on any atom is 0.303 e. The molecule has 0 heterocycles. The summed E-state index contributed by atoms with van der Waals surface area (Å²) in [6, 6.07) is 0. The van der Waals surface area contributed by atoms with E-state index in [0.29, 0.717) is 6.42 Å². The molecule has 0 amide bonds. The minimum absolute atomic E-state index is 0.330. The number of rotatable bonds is 7. The zero-order valence-electron chi connectivity index (χ0n) is 6.48. The molecule has 1 N–H and O–H groups in total. The summed E-state index contributed by atoms with van der Waals surface area (Å²) < 4.78 is 0. The van der Waals surface area contributed by atoms with E-state index in [-0.39, 0.29) is 0 Å². The van der Waals surface area contributed by atoms with Gasteiger partial charge in [-0.2, -0.15) is 0 Å². The van der Waals surface area contributed by atoms with Gasteiger partial charge in [-0.05, 0) is 19.0 Å². The molecule has 0 bridgehead atoms. The lowest BCUT2D eigenvalue weighted by Gasteiger charge is -1.96. The summed E-state index contributed by atoms with van der Waals surface area (Å²) in [4.78, 5) is 10.1. The maximum atomic E-state index is 10.1. The monoisotopic (exact) mass is 240 g/mol. The molecule has 0 rings (SSSR count). The van der Waals surface area contributed by atoms with Crippen LogP contribution in [0, 0.1) is 0 Å². The molecule has 0 aromatic carbocycles. The van der Waals surface area contributed by atoms with Gasteiger partial charge in [0, 0.05) is 6.42 Å². The lowest BCUT2D eigenvalue weighted by Crippen LogP contribution is -1.93. The first-order valence-electron chi connectivity index (χ1n) is 3.82. The molecular weight excluding hydrogens is 227 g/mol. The van der Waals surface area contributed by atoms with Crippen molar-refractivity contribution in [3.8, 4) is 0 Å². The Labute approximate surface area is 77.3 Å². The van der Waals surface area contributed by atoms with Crippen LogP contribution in [0.25, 0.3) is 0 Å². The second-order valence-electron chi connectivity index (χ2n) is 2.44. The maximum absolute atomic E-state index is 10.1. The van der Waals surface area contributed by atoms with E-state index in [1.165, 1.54) is 19.0 Å². The Morgan fingerprint density at radius 2 is 1.91 bits per heavy atom. The highest BCUT2D eigenvalue weighted by Gasteiger charge is 1.95. The SMILES string of the molecule is O=C(O)CCCCCCPBr. The molecule has 0 radical (unpaired) electrons. The Bertz CT molecular complexity index is 109. The minimum atomic E-state index is -0.674. The average molecular weight is 241 g/mol. The summed E-state index contributed by atoms with van der Waals surface area (Å²) in [5.41, 5.74) is 0. The first-order valence-corrected chi connectivity index (χ1v) is 7.29. The smallest absolute Gasteiger partial charge is 0.303 e. The first kappa shape index (κ1) is 11.4. The van der Waals surface area contributed by atoms with Crippen molar-refractivity contribution in [2.45, 2.75) is 32.1 Å². The molecule has 2 nitrogen and oxygen atoms in total. The van der Waals surface area contributed by atoms with Crippen molar-refractivity contribution < 1.29 is 9.90 Å². The van der Waals surface area contributed by atoms with Crippen LogP contribution in [0.4, 0.5) is 0 Å². The van der Waals surface area contributed by atoms with E-state index in [1.54, 1.807) is 0 Å². The van der Waals surface area contributed by atoms with Gasteiger partial charge in [0.2, 0.25) is 0 Å². The standard InChI is InChI=1S/C7H14BrO2P/c8-11-6-4-2-1-3-5-7(9)10/h11H,1-6H2,(H,9,10). The van der Waals surface area contributed by atoms with Crippen LogP contribution in [-0.2, 0) is 4.79 Å². The first-order chi connectivity index (χ1) is 5.27. The van der Waals surface area contributed by atoms with Gasteiger partial charge in [-0.3, -0.25) is 4.79 Å². The fourth-order valence-corrected chi connectivity index (χ4v) is 2.05. The molecule has 66 valence electrons. The molecule has 0 aliphatic carbocycles. The van der Waals surface area contributed by atoms with Crippen molar-refractivity contribution in [1.29, 1.82) is 0 Å². The number of carbonyl (C=O) groups is 1. The van der Waals surface area contributed by atoms with E-state index in [2.05, 4.69) is 15.5 Å². The van der Waals surface area contributed by atoms with E-state index >= 15 is 0 Å². The summed E-state index contributed by atoms with van der Waals surface area (Å²) in [5, 5.41) is 8.31. The van der Waals surface area contributed by atoms with Crippen LogP contribution >= 0.6 is 22.8 Å². The predicted molar refractivity (Wildman–Crippen MR) is 52.8 cm³/mol. The zero-order chi connectivity index (χ0) is 8.53. The van der Waals surface area contributed by atoms with E-state index < -0.39 is 5.97 Å². The van der Waals surface area contributed by atoms with Crippen molar-refractivity contribution in [2.75, 3.05) is 6.16 Å². The van der Waals surface area contributed by atoms with Crippen LogP contribution in [0.15, 0.2) is 0 Å². The predicted octanol–water partition coefficient (Wildman–Crippen LogP) is 3.01. The lowest BCUT2D eigenvalue weighted by molar-refractivity contribution is -0.137. The van der Waals surface area contributed by atoms with E-state index in [4.69, 9.17) is 5.11 Å². The fourth-order valence-electron chi connectivity index (χ4n) is 0.822. The summed E-state index contributed by atoms with van der Waals surface area (Å²) in [7, 11) is 0.861. The number of carboxylic acids is 1. The zero-order valence-corrected chi connectivity index (χ0v) is 9.06. The molecule has 0 aromatic rings. The van der Waals surface area contributed by atoms with Gasteiger partial charge >= 0.3 is 5.97 Å². The Balaban J connectivity index is 2.85. The Morgan fingerprint density at radius 1 is 1.27 bits per heavy atom. The van der Waals surface area contributed by atoms with Crippen LogP contribution in [-0.4, -0.2) is 17.2 Å². The highest BCUT2D eigenvalue weighted by molar-refractivity contribution is 9.36. The Kier molecular flexibility index (Phi) is 8.77. The highest BCUT2D eigenvalue weighted by atomic mass is 79.9. The fraction of sp³-hybridized carbons (Fsp3) is 0.857. The molecule has 0 fully saturated rings. The van der Waals surface area contributed by atoms with Crippen molar-refractivity contribution in [3.63, 3.8) is 0 Å². The number of halogens is 1. The quantitative estimate of drug-likeness (QED) is 0.549. The molecule has 11 heavy (non-hydrogen) atoms. The normalized spacial score (nSPS) is 11.0. The third-order valence-electron chi connectivity index (χ3n) is 1.41. The van der Waals surface area contributed by atoms with Crippen molar-refractivity contribution in [3.05, 3.63) is 0 Å². The average Bonchev–Trinajstić information content (AvgIpc) is 1.96. The van der Waals surface area contributed by atoms with Crippen LogP contribution in [0.3, 0.4) is 0 Å². The lowest BCUT2D eigenvalue weighted by atomic mass is 10.2. The van der Waals surface area contributed by atoms with Gasteiger partial charge in [0.1, 0.15) is 0 Å². The summed E-state index contributed by atoms with van der Waals surface area (Å²) in [6.07, 6.45) is 5.85. The second-order valence-corrected chi connectivity index (χ2v) is 4.89. The van der Waals surface area contributed by atoms with Gasteiger partial charge in [-0.1, -0.05) is 35.6 Å². The van der Waals surface area contributed by atoms with Gasteiger partial charge in [-0.15, -0.1) is 0 Å². The van der Waals surface area contributed by atoms with Crippen LogP contribution in [0.2, 0.25) is 0 Å². The van der Waals surface area contributed by atoms with Gasteiger partial charge in [0.05, 0.1) is 0 Å². The molecule has 0 aliphatic heterocycles. The third kappa shape index (κ3) is 10.4. The van der Waals surface area contributed by atoms with Crippen LogP contribution in [0.1, 0.15) is 32.1 Å². The van der Waals surface area contributed by atoms with Crippen molar-refractivity contribution in [2.24, 2.45) is 0 Å². The van der Waals surface area contributed by atoms with E-state index in [1.807, 2.05) is 0 Å². The van der Waals surface area contributed by atoms with Crippen LogP contribution < -0.4 is 0 Å². The number of hydrogen-bond donors (Lipinski definition) is 1. The largest absolute Gasteiger partial charge is 0.481 e. The summed E-state index contributed by atoms with van der Waals surface area (Å²) in [5.74, 6) is -0.674. The number of hydrogen-bond acceptors (Lipinski definition) is 1.